The maximum absolute atomic E-state index is 11.9. The van der Waals surface area contributed by atoms with Crippen molar-refractivity contribution in [3.05, 3.63) is 29.6 Å². The number of nitrogens with zero attached hydrogens (tertiary/aromatic N) is 1. The summed E-state index contributed by atoms with van der Waals surface area (Å²) in [6, 6.07) is 3.27. The number of hydrogen-bond donors (Lipinski definition) is 0. The van der Waals surface area contributed by atoms with Crippen LogP contribution in [0.1, 0.15) is 11.3 Å². The van der Waals surface area contributed by atoms with Gasteiger partial charge >= 0.3 is 6.18 Å². The number of aromatic nitrogens is 1. The first-order valence-corrected chi connectivity index (χ1v) is 2.91. The van der Waals surface area contributed by atoms with E-state index in [0.717, 1.165) is 12.3 Å². The van der Waals surface area contributed by atoms with Crippen molar-refractivity contribution >= 4 is 0 Å². The Morgan fingerprint density at radius 3 is 2.33 bits per heavy atom. The summed E-state index contributed by atoms with van der Waals surface area (Å²) in [5.74, 6) is 0. The fraction of sp³-hybridized carbons (Fsp3) is 0.286. The Balaban J connectivity index is 0.00000121. The normalized spacial score (nSPS) is 10.7. The third kappa shape index (κ3) is 3.16. The molecule has 0 radical (unpaired) electrons. The van der Waals surface area contributed by atoms with Crippen LogP contribution in [-0.2, 0) is 6.18 Å². The maximum atomic E-state index is 11.9. The number of hydrogen-bond acceptors (Lipinski definition) is 1. The van der Waals surface area contributed by atoms with Crippen LogP contribution >= 0.6 is 0 Å². The van der Waals surface area contributed by atoms with E-state index in [4.69, 9.17) is 0 Å². The predicted molar refractivity (Wildman–Crippen MR) is 32.8 cm³/mol. The standard InChI is InChI=1S/C7H5F3N.U/c1-5-2-3-6(4-11-5)7(8,9)10;/h3-4H,1H3;/q-1;. The molecule has 0 fully saturated rings. The van der Waals surface area contributed by atoms with Crippen LogP contribution < -0.4 is 0 Å². The zero-order chi connectivity index (χ0) is 8.48. The summed E-state index contributed by atoms with van der Waals surface area (Å²) in [7, 11) is 0. The van der Waals surface area contributed by atoms with Crippen LogP contribution in [0.4, 0.5) is 13.2 Å². The van der Waals surface area contributed by atoms with Crippen LogP contribution in [0.2, 0.25) is 0 Å². The third-order valence-corrected chi connectivity index (χ3v) is 1.16. The number of rotatable bonds is 0. The van der Waals surface area contributed by atoms with Crippen molar-refractivity contribution in [1.29, 1.82) is 0 Å². The Kier molecular flexibility index (Phi) is 4.29. The van der Waals surface area contributed by atoms with Crippen molar-refractivity contribution in [2.75, 3.05) is 0 Å². The van der Waals surface area contributed by atoms with Crippen LogP contribution in [0.15, 0.2) is 12.3 Å². The average molecular weight is 398 g/mol. The number of pyridine rings is 1. The van der Waals surface area contributed by atoms with Gasteiger partial charge in [0.25, 0.3) is 0 Å². The van der Waals surface area contributed by atoms with Gasteiger partial charge in [-0.25, -0.2) is 12.1 Å². The number of alkyl halides is 3. The van der Waals surface area contributed by atoms with Crippen LogP contribution in [0.5, 0.6) is 0 Å². The first-order chi connectivity index (χ1) is 5.00. The molecule has 0 aliphatic carbocycles. The molecule has 0 spiro atoms. The summed E-state index contributed by atoms with van der Waals surface area (Å²) >= 11 is 0. The summed E-state index contributed by atoms with van der Waals surface area (Å²) in [5.41, 5.74) is -0.305. The van der Waals surface area contributed by atoms with Gasteiger partial charge in [-0.3, -0.25) is 0 Å². The van der Waals surface area contributed by atoms with E-state index in [0.29, 0.717) is 5.69 Å². The minimum absolute atomic E-state index is 0. The average Bonchev–Trinajstić information content (AvgIpc) is 1.86. The molecule has 0 saturated heterocycles. The molecule has 1 nitrogen and oxygen atoms in total. The molecule has 0 unspecified atom stereocenters. The smallest absolute Gasteiger partial charge is 0.300 e. The topological polar surface area (TPSA) is 12.9 Å². The van der Waals surface area contributed by atoms with Gasteiger partial charge < -0.3 is 4.98 Å². The summed E-state index contributed by atoms with van der Waals surface area (Å²) in [4.78, 5) is 3.47. The van der Waals surface area contributed by atoms with Crippen LogP contribution in [0.25, 0.3) is 0 Å². The second kappa shape index (κ2) is 4.29. The number of halogens is 3. The van der Waals surface area contributed by atoms with E-state index in [9.17, 15) is 13.2 Å². The molecular formula is C7H5F3NU-. The van der Waals surface area contributed by atoms with Gasteiger partial charge in [-0.1, -0.05) is 11.3 Å². The molecule has 1 aromatic heterocycles. The molecule has 0 amide bonds. The largest absolute Gasteiger partial charge is 0.350 e. The Bertz CT molecular complexity index is 242. The van der Waals surface area contributed by atoms with Gasteiger partial charge in [0.05, 0.1) is 0 Å². The fourth-order valence-electron chi connectivity index (χ4n) is 0.578. The van der Waals surface area contributed by atoms with E-state index in [1.165, 1.54) is 0 Å². The summed E-state index contributed by atoms with van der Waals surface area (Å²) < 4.78 is 35.6. The molecule has 1 heterocycles. The monoisotopic (exact) mass is 398 g/mol. The van der Waals surface area contributed by atoms with Gasteiger partial charge in [0.2, 0.25) is 0 Å². The quantitative estimate of drug-likeness (QED) is 0.611. The van der Waals surface area contributed by atoms with Crippen molar-refractivity contribution in [3.8, 4) is 0 Å². The SMILES string of the molecule is Cc1[c-]cc(C(F)(F)F)cn1.[U]. The minimum Gasteiger partial charge on any atom is -0.300 e. The minimum atomic E-state index is -4.31. The molecule has 5 heteroatoms. The summed E-state index contributed by atoms with van der Waals surface area (Å²) in [6.45, 7) is 1.58. The van der Waals surface area contributed by atoms with E-state index < -0.39 is 11.7 Å². The zero-order valence-corrected chi connectivity index (χ0v) is 10.4. The van der Waals surface area contributed by atoms with Crippen LogP contribution in [0.3, 0.4) is 0 Å². The first kappa shape index (κ1) is 12.0. The zero-order valence-electron chi connectivity index (χ0n) is 6.24. The van der Waals surface area contributed by atoms with Gasteiger partial charge in [-0.15, -0.1) is 0 Å². The Hall–Kier alpha value is -0.00805. The predicted octanol–water partition coefficient (Wildman–Crippen LogP) is 2.21. The van der Waals surface area contributed by atoms with Gasteiger partial charge in [-0.2, -0.15) is 13.2 Å². The maximum Gasteiger partial charge on any atom is 0.350 e. The molecule has 64 valence electrons. The molecule has 1 aromatic rings. The Labute approximate surface area is 91.8 Å². The molecule has 0 aliphatic heterocycles. The van der Waals surface area contributed by atoms with Crippen molar-refractivity contribution in [2.24, 2.45) is 0 Å². The van der Waals surface area contributed by atoms with E-state index >= 15 is 0 Å². The second-order valence-corrected chi connectivity index (χ2v) is 2.09. The van der Waals surface area contributed by atoms with Gasteiger partial charge in [0.1, 0.15) is 0 Å². The van der Waals surface area contributed by atoms with Crippen molar-refractivity contribution in [2.45, 2.75) is 13.1 Å². The number of aryl methyl sites for hydroxylation is 1. The summed E-state index contributed by atoms with van der Waals surface area (Å²) in [6.07, 6.45) is -3.51. The molecule has 0 N–H and O–H groups in total. The van der Waals surface area contributed by atoms with Crippen LogP contribution in [-0.4, -0.2) is 4.98 Å². The Morgan fingerprint density at radius 1 is 1.42 bits per heavy atom. The van der Waals surface area contributed by atoms with E-state index in [-0.39, 0.29) is 31.1 Å². The van der Waals surface area contributed by atoms with E-state index in [1.807, 2.05) is 0 Å². The first-order valence-electron chi connectivity index (χ1n) is 2.91. The van der Waals surface area contributed by atoms with Gasteiger partial charge in [-0.05, 0) is 13.1 Å². The Morgan fingerprint density at radius 2 is 2.00 bits per heavy atom. The van der Waals surface area contributed by atoms with Crippen molar-refractivity contribution < 1.29 is 44.3 Å². The second-order valence-electron chi connectivity index (χ2n) is 2.09. The van der Waals surface area contributed by atoms with Gasteiger partial charge in [0, 0.05) is 31.1 Å². The van der Waals surface area contributed by atoms with E-state index in [2.05, 4.69) is 11.1 Å². The molecule has 0 saturated carbocycles. The molecule has 0 atom stereocenters. The van der Waals surface area contributed by atoms with Crippen LogP contribution in [0, 0.1) is 44.1 Å². The molecule has 0 aliphatic rings. The van der Waals surface area contributed by atoms with E-state index in [1.54, 1.807) is 6.92 Å². The molecule has 12 heavy (non-hydrogen) atoms. The van der Waals surface area contributed by atoms with Gasteiger partial charge in [0.15, 0.2) is 0 Å². The fourth-order valence-corrected chi connectivity index (χ4v) is 0.578. The summed E-state index contributed by atoms with van der Waals surface area (Å²) in [5, 5.41) is 0. The third-order valence-electron chi connectivity index (χ3n) is 1.16. The van der Waals surface area contributed by atoms with Crippen molar-refractivity contribution in [1.82, 2.24) is 4.98 Å². The molecule has 0 aromatic carbocycles. The molecular weight excluding hydrogens is 393 g/mol. The van der Waals surface area contributed by atoms with Crippen molar-refractivity contribution in [3.63, 3.8) is 0 Å². The molecule has 0 bridgehead atoms. The molecule has 1 rings (SSSR count).